The number of hydrogen-bond acceptors (Lipinski definition) is 2. The smallest absolute Gasteiger partial charge is 0.456 e. The lowest BCUT2D eigenvalue weighted by Crippen LogP contribution is -2.40. The molecular weight excluding hydrogens is 324 g/mol. The fraction of sp³-hybridized carbons (Fsp3) is 0.200. The third-order valence-corrected chi connectivity index (χ3v) is 2.98. The summed E-state index contributed by atoms with van der Waals surface area (Å²) in [5.74, 6) is -4.93. The maximum Gasteiger partial charge on any atom is 0.456 e. The summed E-state index contributed by atoms with van der Waals surface area (Å²) < 4.78 is 81.2. The van der Waals surface area contributed by atoms with Gasteiger partial charge in [-0.15, -0.1) is 0 Å². The van der Waals surface area contributed by atoms with Crippen LogP contribution in [0.5, 0.6) is 11.5 Å². The monoisotopic (exact) mass is 335 g/mol. The zero-order valence-corrected chi connectivity index (χ0v) is 11.4. The van der Waals surface area contributed by atoms with E-state index in [0.29, 0.717) is 11.4 Å². The highest BCUT2D eigenvalue weighted by Crippen LogP contribution is 2.46. The van der Waals surface area contributed by atoms with Crippen molar-refractivity contribution in [3.8, 4) is 11.5 Å². The van der Waals surface area contributed by atoms with Crippen LogP contribution in [0, 0.1) is 0 Å². The van der Waals surface area contributed by atoms with Gasteiger partial charge < -0.3 is 10.5 Å². The lowest BCUT2D eigenvalue weighted by atomic mass is 10.0. The standard InChI is InChI=1S/C15H11F6NO/c16-13(14(17,18)15(19,20)21)9-1-5-11(6-2-9)23-12-7-3-10(22)4-8-12/h1-8,13H,22H2. The van der Waals surface area contributed by atoms with Gasteiger partial charge in [0.15, 0.2) is 6.17 Å². The highest BCUT2D eigenvalue weighted by Gasteiger charge is 2.63. The molecule has 2 aromatic carbocycles. The number of nitrogens with two attached hydrogens (primary N) is 1. The second-order valence-electron chi connectivity index (χ2n) is 4.72. The Balaban J connectivity index is 2.14. The first-order valence-corrected chi connectivity index (χ1v) is 6.33. The fourth-order valence-electron chi connectivity index (χ4n) is 1.73. The van der Waals surface area contributed by atoms with Crippen LogP contribution in [0.15, 0.2) is 48.5 Å². The Hall–Kier alpha value is -2.38. The van der Waals surface area contributed by atoms with Crippen molar-refractivity contribution >= 4 is 5.69 Å². The predicted octanol–water partition coefficient (Wildman–Crippen LogP) is 5.27. The van der Waals surface area contributed by atoms with Crippen molar-refractivity contribution in [1.29, 1.82) is 0 Å². The fourth-order valence-corrected chi connectivity index (χ4v) is 1.73. The first-order valence-electron chi connectivity index (χ1n) is 6.33. The van der Waals surface area contributed by atoms with Gasteiger partial charge in [-0.2, -0.15) is 22.0 Å². The van der Waals surface area contributed by atoms with Gasteiger partial charge in [-0.3, -0.25) is 0 Å². The topological polar surface area (TPSA) is 35.2 Å². The summed E-state index contributed by atoms with van der Waals surface area (Å²) in [4.78, 5) is 0. The van der Waals surface area contributed by atoms with Crippen molar-refractivity contribution in [2.75, 3.05) is 5.73 Å². The van der Waals surface area contributed by atoms with E-state index in [1.54, 1.807) is 24.3 Å². The maximum atomic E-state index is 13.5. The van der Waals surface area contributed by atoms with Gasteiger partial charge in [0.05, 0.1) is 0 Å². The molecule has 0 saturated carbocycles. The normalized spacial score (nSPS) is 13.7. The molecule has 2 nitrogen and oxygen atoms in total. The van der Waals surface area contributed by atoms with Crippen molar-refractivity contribution < 1.29 is 31.1 Å². The van der Waals surface area contributed by atoms with Crippen molar-refractivity contribution in [3.05, 3.63) is 54.1 Å². The molecule has 0 aliphatic carbocycles. The molecule has 8 heteroatoms. The van der Waals surface area contributed by atoms with Crippen LogP contribution in [0.2, 0.25) is 0 Å². The van der Waals surface area contributed by atoms with Crippen molar-refractivity contribution in [1.82, 2.24) is 0 Å². The summed E-state index contributed by atoms with van der Waals surface area (Å²) in [6, 6.07) is 10.0. The molecule has 0 aromatic heterocycles. The minimum absolute atomic E-state index is 0.154. The summed E-state index contributed by atoms with van der Waals surface area (Å²) in [6.45, 7) is 0. The summed E-state index contributed by atoms with van der Waals surface area (Å²) in [5.41, 5.74) is 5.20. The number of rotatable bonds is 4. The van der Waals surface area contributed by atoms with E-state index in [4.69, 9.17) is 10.5 Å². The van der Waals surface area contributed by atoms with E-state index < -0.39 is 23.8 Å². The van der Waals surface area contributed by atoms with Crippen molar-refractivity contribution in [3.63, 3.8) is 0 Å². The van der Waals surface area contributed by atoms with E-state index in [2.05, 4.69) is 0 Å². The van der Waals surface area contributed by atoms with Crippen molar-refractivity contribution in [2.45, 2.75) is 18.3 Å². The third-order valence-electron chi connectivity index (χ3n) is 2.98. The SMILES string of the molecule is Nc1ccc(Oc2ccc(C(F)C(F)(F)C(F)(F)F)cc2)cc1. The molecule has 0 fully saturated rings. The summed E-state index contributed by atoms with van der Waals surface area (Å²) in [7, 11) is 0. The average Bonchev–Trinajstić information content (AvgIpc) is 2.48. The molecule has 2 aromatic rings. The van der Waals surface area contributed by atoms with E-state index in [9.17, 15) is 26.3 Å². The van der Waals surface area contributed by atoms with Crippen LogP contribution in [-0.2, 0) is 0 Å². The molecule has 23 heavy (non-hydrogen) atoms. The number of hydrogen-bond donors (Lipinski definition) is 1. The molecule has 2 rings (SSSR count). The van der Waals surface area contributed by atoms with Gasteiger partial charge in [-0.1, -0.05) is 12.1 Å². The molecule has 124 valence electrons. The molecule has 2 N–H and O–H groups in total. The first kappa shape index (κ1) is 17.0. The Morgan fingerprint density at radius 1 is 0.783 bits per heavy atom. The van der Waals surface area contributed by atoms with Crippen LogP contribution >= 0.6 is 0 Å². The highest BCUT2D eigenvalue weighted by atomic mass is 19.4. The molecule has 0 amide bonds. The zero-order valence-electron chi connectivity index (χ0n) is 11.4. The second-order valence-corrected chi connectivity index (χ2v) is 4.72. The Morgan fingerprint density at radius 2 is 1.22 bits per heavy atom. The van der Waals surface area contributed by atoms with Crippen molar-refractivity contribution in [2.24, 2.45) is 0 Å². The lowest BCUT2D eigenvalue weighted by Gasteiger charge is -2.23. The minimum atomic E-state index is -5.97. The lowest BCUT2D eigenvalue weighted by molar-refractivity contribution is -0.305. The summed E-state index contributed by atoms with van der Waals surface area (Å²) in [5, 5.41) is 0. The molecule has 1 atom stereocenters. The minimum Gasteiger partial charge on any atom is -0.457 e. The number of benzene rings is 2. The Labute approximate surface area is 127 Å². The number of anilines is 1. The Morgan fingerprint density at radius 3 is 1.65 bits per heavy atom. The molecule has 0 radical (unpaired) electrons. The number of alkyl halides is 6. The Kier molecular flexibility index (Phi) is 4.44. The third kappa shape index (κ3) is 3.69. The van der Waals surface area contributed by atoms with Gasteiger partial charge >= 0.3 is 12.1 Å². The maximum absolute atomic E-state index is 13.5. The van der Waals surface area contributed by atoms with E-state index in [-0.39, 0.29) is 5.75 Å². The highest BCUT2D eigenvalue weighted by molar-refractivity contribution is 5.43. The van der Waals surface area contributed by atoms with Crippen LogP contribution in [0.25, 0.3) is 0 Å². The molecule has 0 aliphatic rings. The van der Waals surface area contributed by atoms with Gasteiger partial charge in [0, 0.05) is 5.69 Å². The Bertz CT molecular complexity index is 651. The molecule has 1 unspecified atom stereocenters. The summed E-state index contributed by atoms with van der Waals surface area (Å²) in [6.07, 6.45) is -9.46. The predicted molar refractivity (Wildman–Crippen MR) is 72.2 cm³/mol. The molecule has 0 aliphatic heterocycles. The molecular formula is C15H11F6NO. The van der Waals surface area contributed by atoms with Crippen LogP contribution < -0.4 is 10.5 Å². The van der Waals surface area contributed by atoms with Crippen LogP contribution in [-0.4, -0.2) is 12.1 Å². The van der Waals surface area contributed by atoms with Gasteiger partial charge in [0.2, 0.25) is 0 Å². The van der Waals surface area contributed by atoms with Gasteiger partial charge in [-0.05, 0) is 42.0 Å². The van der Waals surface area contributed by atoms with Crippen LogP contribution in [0.4, 0.5) is 32.0 Å². The molecule has 0 saturated heterocycles. The second kappa shape index (κ2) is 6.02. The van der Waals surface area contributed by atoms with E-state index in [1.807, 2.05) is 0 Å². The van der Waals surface area contributed by atoms with Gasteiger partial charge in [0.1, 0.15) is 11.5 Å². The number of nitrogen functional groups attached to an aromatic ring is 1. The van der Waals surface area contributed by atoms with E-state index in [0.717, 1.165) is 24.3 Å². The first-order chi connectivity index (χ1) is 10.6. The van der Waals surface area contributed by atoms with E-state index in [1.165, 1.54) is 0 Å². The number of halogens is 6. The quantitative estimate of drug-likeness (QED) is 0.610. The van der Waals surface area contributed by atoms with Crippen LogP contribution in [0.1, 0.15) is 11.7 Å². The molecule has 0 spiro atoms. The molecule has 0 bridgehead atoms. The van der Waals surface area contributed by atoms with E-state index >= 15 is 0 Å². The largest absolute Gasteiger partial charge is 0.457 e. The zero-order chi connectivity index (χ0) is 17.3. The molecule has 0 heterocycles. The number of ether oxygens (including phenoxy) is 1. The van der Waals surface area contributed by atoms with Gasteiger partial charge in [-0.25, -0.2) is 4.39 Å². The summed E-state index contributed by atoms with van der Waals surface area (Å²) >= 11 is 0. The van der Waals surface area contributed by atoms with Crippen LogP contribution in [0.3, 0.4) is 0 Å². The van der Waals surface area contributed by atoms with Gasteiger partial charge in [0.25, 0.3) is 0 Å². The average molecular weight is 335 g/mol.